The van der Waals surface area contributed by atoms with Gasteiger partial charge in [0.1, 0.15) is 5.92 Å². The summed E-state index contributed by atoms with van der Waals surface area (Å²) in [6.07, 6.45) is -4.66. The molecule has 0 radical (unpaired) electrons. The molecule has 1 aliphatic heterocycles. The first-order valence-corrected chi connectivity index (χ1v) is 8.95. The van der Waals surface area contributed by atoms with Gasteiger partial charge in [-0.15, -0.1) is 0 Å². The van der Waals surface area contributed by atoms with Crippen molar-refractivity contribution < 1.29 is 27.9 Å². The SMILES string of the molecule is CC1=C(C#N)C(c2ccc(C#N)cc2)C(C(=O)O)C(=O)N1c1cccc(C(F)(F)F)c1. The van der Waals surface area contributed by atoms with Gasteiger partial charge < -0.3 is 5.11 Å². The smallest absolute Gasteiger partial charge is 0.416 e. The molecule has 31 heavy (non-hydrogen) atoms. The summed E-state index contributed by atoms with van der Waals surface area (Å²) in [5, 5.41) is 28.5. The number of alkyl halides is 3. The summed E-state index contributed by atoms with van der Waals surface area (Å²) in [7, 11) is 0. The highest BCUT2D eigenvalue weighted by atomic mass is 19.4. The van der Waals surface area contributed by atoms with E-state index in [2.05, 4.69) is 0 Å². The van der Waals surface area contributed by atoms with Crippen LogP contribution in [-0.4, -0.2) is 17.0 Å². The van der Waals surface area contributed by atoms with Crippen molar-refractivity contribution in [2.45, 2.75) is 19.0 Å². The van der Waals surface area contributed by atoms with Gasteiger partial charge in [-0.05, 0) is 42.8 Å². The topological polar surface area (TPSA) is 105 Å². The third kappa shape index (κ3) is 3.86. The number of nitrogens with zero attached hydrogens (tertiary/aromatic N) is 3. The molecule has 2 atom stereocenters. The normalized spacial score (nSPS) is 19.0. The zero-order valence-electron chi connectivity index (χ0n) is 16.0. The molecule has 0 bridgehead atoms. The lowest BCUT2D eigenvalue weighted by molar-refractivity contribution is -0.147. The maximum absolute atomic E-state index is 13.2. The number of carbonyl (C=O) groups is 2. The first kappa shape index (κ1) is 21.6. The average Bonchev–Trinajstić information content (AvgIpc) is 2.73. The number of nitriles is 2. The molecule has 1 amide bonds. The van der Waals surface area contributed by atoms with E-state index in [4.69, 9.17) is 5.26 Å². The Labute approximate surface area is 175 Å². The minimum Gasteiger partial charge on any atom is -0.481 e. The molecule has 0 saturated carbocycles. The molecular formula is C22H14F3N3O3. The number of rotatable bonds is 3. The molecule has 2 aromatic carbocycles. The molecular weight excluding hydrogens is 411 g/mol. The lowest BCUT2D eigenvalue weighted by atomic mass is 9.76. The van der Waals surface area contributed by atoms with Crippen molar-refractivity contribution in [3.8, 4) is 12.1 Å². The number of allylic oxidation sites excluding steroid dienone is 2. The summed E-state index contributed by atoms with van der Waals surface area (Å²) in [5.74, 6) is -5.36. The van der Waals surface area contributed by atoms with E-state index in [1.165, 1.54) is 37.3 Å². The summed E-state index contributed by atoms with van der Waals surface area (Å²) in [5.41, 5.74) is -0.575. The Morgan fingerprint density at radius 1 is 1.10 bits per heavy atom. The van der Waals surface area contributed by atoms with Crippen LogP contribution >= 0.6 is 0 Å². The fraction of sp³-hybridized carbons (Fsp3) is 0.182. The number of halogens is 3. The van der Waals surface area contributed by atoms with Gasteiger partial charge in [-0.3, -0.25) is 14.5 Å². The molecule has 9 heteroatoms. The van der Waals surface area contributed by atoms with Gasteiger partial charge in [0.05, 0.1) is 28.8 Å². The van der Waals surface area contributed by atoms with Gasteiger partial charge in [0.2, 0.25) is 5.91 Å². The highest BCUT2D eigenvalue weighted by Crippen LogP contribution is 2.43. The molecule has 1 N–H and O–H groups in total. The molecule has 1 heterocycles. The Morgan fingerprint density at radius 3 is 2.26 bits per heavy atom. The molecule has 1 aliphatic rings. The monoisotopic (exact) mass is 425 g/mol. The van der Waals surface area contributed by atoms with E-state index in [-0.39, 0.29) is 17.0 Å². The molecule has 2 aromatic rings. The average molecular weight is 425 g/mol. The van der Waals surface area contributed by atoms with Crippen molar-refractivity contribution in [3.63, 3.8) is 0 Å². The van der Waals surface area contributed by atoms with Crippen LogP contribution in [0.3, 0.4) is 0 Å². The Hall–Kier alpha value is -4.11. The number of benzene rings is 2. The van der Waals surface area contributed by atoms with Crippen LogP contribution in [0.25, 0.3) is 0 Å². The van der Waals surface area contributed by atoms with Gasteiger partial charge in [0, 0.05) is 17.3 Å². The molecule has 3 rings (SSSR count). The number of aliphatic carboxylic acids is 1. The summed E-state index contributed by atoms with van der Waals surface area (Å²) in [6, 6.07) is 13.5. The van der Waals surface area contributed by atoms with Crippen molar-refractivity contribution in [1.29, 1.82) is 10.5 Å². The van der Waals surface area contributed by atoms with Crippen molar-refractivity contribution in [2.24, 2.45) is 5.92 Å². The van der Waals surface area contributed by atoms with Crippen molar-refractivity contribution >= 4 is 17.6 Å². The third-order valence-electron chi connectivity index (χ3n) is 5.07. The van der Waals surface area contributed by atoms with Crippen LogP contribution in [0.5, 0.6) is 0 Å². The number of carbonyl (C=O) groups excluding carboxylic acids is 1. The van der Waals surface area contributed by atoms with E-state index in [1.54, 1.807) is 0 Å². The number of amides is 1. The van der Waals surface area contributed by atoms with Gasteiger partial charge in [0.15, 0.2) is 0 Å². The maximum Gasteiger partial charge on any atom is 0.416 e. The summed E-state index contributed by atoms with van der Waals surface area (Å²) < 4.78 is 39.4. The predicted octanol–water partition coefficient (Wildman–Crippen LogP) is 4.21. The fourth-order valence-corrected chi connectivity index (χ4v) is 3.62. The van der Waals surface area contributed by atoms with Crippen molar-refractivity contribution in [2.75, 3.05) is 4.90 Å². The summed E-state index contributed by atoms with van der Waals surface area (Å²) in [6.45, 7) is 1.38. The van der Waals surface area contributed by atoms with Crippen molar-refractivity contribution in [1.82, 2.24) is 0 Å². The van der Waals surface area contributed by atoms with E-state index in [0.717, 1.165) is 23.1 Å². The van der Waals surface area contributed by atoms with Gasteiger partial charge in [-0.1, -0.05) is 18.2 Å². The molecule has 0 spiro atoms. The molecule has 0 aliphatic carbocycles. The second kappa shape index (κ2) is 7.96. The van der Waals surface area contributed by atoms with Crippen LogP contribution in [-0.2, 0) is 15.8 Å². The van der Waals surface area contributed by atoms with E-state index >= 15 is 0 Å². The van der Waals surface area contributed by atoms with E-state index < -0.39 is 35.5 Å². The quantitative estimate of drug-likeness (QED) is 0.742. The maximum atomic E-state index is 13.2. The Kier molecular flexibility index (Phi) is 5.54. The largest absolute Gasteiger partial charge is 0.481 e. The van der Waals surface area contributed by atoms with Crippen molar-refractivity contribution in [3.05, 3.63) is 76.5 Å². The summed E-state index contributed by atoms with van der Waals surface area (Å²) >= 11 is 0. The standard InChI is InChI=1S/C22H14F3N3O3/c1-12-17(11-27)18(14-7-5-13(10-26)6-8-14)19(21(30)31)20(29)28(12)16-4-2-3-15(9-16)22(23,24)25/h2-9,18-19H,1H3,(H,30,31). The predicted molar refractivity (Wildman–Crippen MR) is 102 cm³/mol. The lowest BCUT2D eigenvalue weighted by Gasteiger charge is -2.37. The van der Waals surface area contributed by atoms with Crippen LogP contribution in [0.1, 0.15) is 29.5 Å². The third-order valence-corrected chi connectivity index (χ3v) is 5.07. The van der Waals surface area contributed by atoms with E-state index in [9.17, 15) is 33.1 Å². The second-order valence-corrected chi connectivity index (χ2v) is 6.86. The number of carboxylic acid groups (broad SMARTS) is 1. The highest BCUT2D eigenvalue weighted by Gasteiger charge is 2.47. The Balaban J connectivity index is 2.21. The van der Waals surface area contributed by atoms with Gasteiger partial charge in [0.25, 0.3) is 0 Å². The van der Waals surface area contributed by atoms with Gasteiger partial charge in [-0.2, -0.15) is 23.7 Å². The number of anilines is 1. The minimum atomic E-state index is -4.66. The van der Waals surface area contributed by atoms with Crippen LogP contribution < -0.4 is 4.90 Å². The van der Waals surface area contributed by atoms with Gasteiger partial charge in [-0.25, -0.2) is 0 Å². The highest BCUT2D eigenvalue weighted by molar-refractivity contribution is 6.10. The van der Waals surface area contributed by atoms with Crippen LogP contribution in [0.15, 0.2) is 59.8 Å². The molecule has 2 unspecified atom stereocenters. The Morgan fingerprint density at radius 2 is 1.74 bits per heavy atom. The molecule has 0 fully saturated rings. The fourth-order valence-electron chi connectivity index (χ4n) is 3.62. The number of carboxylic acids is 1. The van der Waals surface area contributed by atoms with Gasteiger partial charge >= 0.3 is 12.1 Å². The van der Waals surface area contributed by atoms with E-state index in [0.29, 0.717) is 11.1 Å². The second-order valence-electron chi connectivity index (χ2n) is 6.86. The number of hydrogen-bond donors (Lipinski definition) is 1. The zero-order valence-corrected chi connectivity index (χ0v) is 16.0. The molecule has 6 nitrogen and oxygen atoms in total. The lowest BCUT2D eigenvalue weighted by Crippen LogP contribution is -2.46. The van der Waals surface area contributed by atoms with Crippen LogP contribution in [0.4, 0.5) is 18.9 Å². The van der Waals surface area contributed by atoms with E-state index in [1.807, 2.05) is 12.1 Å². The zero-order chi connectivity index (χ0) is 22.9. The first-order valence-electron chi connectivity index (χ1n) is 8.95. The first-order chi connectivity index (χ1) is 14.6. The Bertz CT molecular complexity index is 1170. The summed E-state index contributed by atoms with van der Waals surface area (Å²) in [4.78, 5) is 26.0. The molecule has 0 saturated heterocycles. The van der Waals surface area contributed by atoms with Crippen LogP contribution in [0.2, 0.25) is 0 Å². The molecule has 156 valence electrons. The number of hydrogen-bond acceptors (Lipinski definition) is 4. The molecule has 0 aromatic heterocycles. The van der Waals surface area contributed by atoms with Crippen LogP contribution in [0, 0.1) is 28.6 Å². The minimum absolute atomic E-state index is 0.0404.